The first-order valence-electron chi connectivity index (χ1n) is 6.39. The monoisotopic (exact) mass is 262 g/mol. The summed E-state index contributed by atoms with van der Waals surface area (Å²) < 4.78 is 29.5. The highest BCUT2D eigenvalue weighted by molar-refractivity contribution is 5.75. The normalized spacial score (nSPS) is 26.1. The van der Waals surface area contributed by atoms with Crippen LogP contribution in [0.2, 0.25) is 0 Å². The van der Waals surface area contributed by atoms with Gasteiger partial charge in [-0.1, -0.05) is 20.8 Å². The van der Waals surface area contributed by atoms with Gasteiger partial charge in [-0.05, 0) is 18.8 Å². The highest BCUT2D eigenvalue weighted by Gasteiger charge is 2.40. The maximum absolute atomic E-state index is 13.9. The van der Waals surface area contributed by atoms with Crippen LogP contribution in [0.4, 0.5) is 4.39 Å². The minimum atomic E-state index is -1.67. The van der Waals surface area contributed by atoms with E-state index in [1.165, 1.54) is 0 Å². The van der Waals surface area contributed by atoms with Crippen LogP contribution in [-0.4, -0.2) is 38.3 Å². The van der Waals surface area contributed by atoms with Crippen molar-refractivity contribution in [3.05, 3.63) is 0 Å². The summed E-state index contributed by atoms with van der Waals surface area (Å²) in [7, 11) is 0. The van der Waals surface area contributed by atoms with Crippen LogP contribution in [0.15, 0.2) is 0 Å². The molecule has 0 radical (unpaired) electrons. The third-order valence-electron chi connectivity index (χ3n) is 2.65. The molecule has 0 aromatic carbocycles. The maximum Gasteiger partial charge on any atom is 0.341 e. The van der Waals surface area contributed by atoms with Gasteiger partial charge in [0.2, 0.25) is 6.17 Å². The van der Waals surface area contributed by atoms with Crippen molar-refractivity contribution in [2.24, 2.45) is 11.3 Å². The Kier molecular flexibility index (Phi) is 5.53. The lowest BCUT2D eigenvalue weighted by Gasteiger charge is -2.25. The van der Waals surface area contributed by atoms with Crippen molar-refractivity contribution in [1.82, 2.24) is 0 Å². The molecule has 3 atom stereocenters. The van der Waals surface area contributed by atoms with Crippen molar-refractivity contribution in [3.63, 3.8) is 0 Å². The van der Waals surface area contributed by atoms with E-state index in [2.05, 4.69) is 4.74 Å². The summed E-state index contributed by atoms with van der Waals surface area (Å²) in [5.41, 5.74) is -0.0216. The summed E-state index contributed by atoms with van der Waals surface area (Å²) >= 11 is 0. The zero-order chi connectivity index (χ0) is 13.8. The van der Waals surface area contributed by atoms with Gasteiger partial charge in [0.1, 0.15) is 0 Å². The van der Waals surface area contributed by atoms with Crippen LogP contribution in [0.3, 0.4) is 0 Å². The number of rotatable bonds is 5. The Bertz CT molecular complexity index is 275. The summed E-state index contributed by atoms with van der Waals surface area (Å²) in [6.07, 6.45) is -1.84. The predicted molar refractivity (Wildman–Crippen MR) is 64.8 cm³/mol. The lowest BCUT2D eigenvalue weighted by atomic mass is 9.98. The summed E-state index contributed by atoms with van der Waals surface area (Å²) in [4.78, 5) is 11.4. The summed E-state index contributed by atoms with van der Waals surface area (Å²) in [5, 5.41) is 0. The third kappa shape index (κ3) is 4.53. The highest BCUT2D eigenvalue weighted by atomic mass is 19.1. The second-order valence-corrected chi connectivity index (χ2v) is 5.72. The lowest BCUT2D eigenvalue weighted by Crippen LogP contribution is -2.35. The van der Waals surface area contributed by atoms with Crippen LogP contribution in [0.25, 0.3) is 0 Å². The molecule has 1 aliphatic heterocycles. The molecule has 5 heteroatoms. The molecule has 1 heterocycles. The van der Waals surface area contributed by atoms with E-state index in [9.17, 15) is 9.18 Å². The van der Waals surface area contributed by atoms with Gasteiger partial charge in [0.15, 0.2) is 6.29 Å². The molecule has 0 spiro atoms. The Morgan fingerprint density at radius 3 is 2.72 bits per heavy atom. The largest absolute Gasteiger partial charge is 0.464 e. The number of esters is 1. The number of ether oxygens (including phenoxy) is 3. The van der Waals surface area contributed by atoms with Crippen molar-refractivity contribution in [2.45, 2.75) is 46.6 Å². The molecule has 0 aromatic heterocycles. The van der Waals surface area contributed by atoms with Gasteiger partial charge >= 0.3 is 5.97 Å². The Morgan fingerprint density at radius 2 is 2.17 bits per heavy atom. The SMILES string of the molecule is CCOC(=O)C(F)C1CCOC1OCC(C)(C)C. The van der Waals surface area contributed by atoms with Gasteiger partial charge in [0.25, 0.3) is 0 Å². The molecule has 106 valence electrons. The number of hydrogen-bond donors (Lipinski definition) is 0. The van der Waals surface area contributed by atoms with E-state index in [4.69, 9.17) is 9.47 Å². The minimum absolute atomic E-state index is 0.0216. The lowest BCUT2D eigenvalue weighted by molar-refractivity contribution is -0.171. The van der Waals surface area contributed by atoms with Gasteiger partial charge in [0, 0.05) is 0 Å². The second kappa shape index (κ2) is 6.48. The van der Waals surface area contributed by atoms with E-state index in [1.807, 2.05) is 20.8 Å². The highest BCUT2D eigenvalue weighted by Crippen LogP contribution is 2.29. The first-order chi connectivity index (χ1) is 8.35. The van der Waals surface area contributed by atoms with E-state index in [0.717, 1.165) is 0 Å². The van der Waals surface area contributed by atoms with Crippen molar-refractivity contribution in [2.75, 3.05) is 19.8 Å². The number of carbonyl (C=O) groups is 1. The Labute approximate surface area is 108 Å². The topological polar surface area (TPSA) is 44.8 Å². The van der Waals surface area contributed by atoms with E-state index in [0.29, 0.717) is 19.6 Å². The van der Waals surface area contributed by atoms with Crippen molar-refractivity contribution in [1.29, 1.82) is 0 Å². The molecule has 3 unspecified atom stereocenters. The Morgan fingerprint density at radius 1 is 1.50 bits per heavy atom. The number of carbonyl (C=O) groups excluding carboxylic acids is 1. The molecule has 0 saturated carbocycles. The second-order valence-electron chi connectivity index (χ2n) is 5.72. The van der Waals surface area contributed by atoms with Crippen LogP contribution < -0.4 is 0 Å². The van der Waals surface area contributed by atoms with Gasteiger partial charge in [-0.2, -0.15) is 0 Å². The molecule has 1 rings (SSSR count). The first kappa shape index (κ1) is 15.4. The van der Waals surface area contributed by atoms with Gasteiger partial charge in [-0.15, -0.1) is 0 Å². The predicted octanol–water partition coefficient (Wildman–Crippen LogP) is 2.31. The van der Waals surface area contributed by atoms with Crippen LogP contribution in [0.5, 0.6) is 0 Å². The molecule has 0 aromatic rings. The number of hydrogen-bond acceptors (Lipinski definition) is 4. The van der Waals surface area contributed by atoms with Gasteiger partial charge < -0.3 is 14.2 Å². The zero-order valence-corrected chi connectivity index (χ0v) is 11.6. The maximum atomic E-state index is 13.9. The number of halogens is 1. The van der Waals surface area contributed by atoms with Gasteiger partial charge in [-0.25, -0.2) is 9.18 Å². The molecule has 18 heavy (non-hydrogen) atoms. The number of alkyl halides is 1. The van der Waals surface area contributed by atoms with E-state index in [1.54, 1.807) is 6.92 Å². The molecule has 1 aliphatic rings. The molecule has 0 bridgehead atoms. The average molecular weight is 262 g/mol. The molecule has 1 fully saturated rings. The summed E-state index contributed by atoms with van der Waals surface area (Å²) in [6.45, 7) is 8.78. The standard InChI is InChI=1S/C13H23FO4/c1-5-16-11(15)10(14)9-6-7-17-12(9)18-8-13(2,3)4/h9-10,12H,5-8H2,1-4H3. The quantitative estimate of drug-likeness (QED) is 0.713. The summed E-state index contributed by atoms with van der Waals surface area (Å²) in [6, 6.07) is 0. The first-order valence-corrected chi connectivity index (χ1v) is 6.39. The van der Waals surface area contributed by atoms with Crippen LogP contribution in [0, 0.1) is 11.3 Å². The molecular formula is C13H23FO4. The molecule has 0 amide bonds. The average Bonchev–Trinajstić information content (AvgIpc) is 2.72. The molecule has 0 N–H and O–H groups in total. The Hall–Kier alpha value is -0.680. The fraction of sp³-hybridized carbons (Fsp3) is 0.923. The van der Waals surface area contributed by atoms with E-state index >= 15 is 0 Å². The fourth-order valence-electron chi connectivity index (χ4n) is 1.76. The van der Waals surface area contributed by atoms with Crippen LogP contribution >= 0.6 is 0 Å². The van der Waals surface area contributed by atoms with E-state index < -0.39 is 24.3 Å². The fourth-order valence-corrected chi connectivity index (χ4v) is 1.76. The smallest absolute Gasteiger partial charge is 0.341 e. The summed E-state index contributed by atoms with van der Waals surface area (Å²) in [5.74, 6) is -1.39. The van der Waals surface area contributed by atoms with Crippen molar-refractivity contribution >= 4 is 5.97 Å². The van der Waals surface area contributed by atoms with Gasteiger partial charge in [0.05, 0.1) is 25.7 Å². The minimum Gasteiger partial charge on any atom is -0.464 e. The molecule has 4 nitrogen and oxygen atoms in total. The third-order valence-corrected chi connectivity index (χ3v) is 2.65. The van der Waals surface area contributed by atoms with Crippen molar-refractivity contribution < 1.29 is 23.4 Å². The Balaban J connectivity index is 2.51. The van der Waals surface area contributed by atoms with Crippen molar-refractivity contribution in [3.8, 4) is 0 Å². The van der Waals surface area contributed by atoms with Crippen LogP contribution in [0.1, 0.15) is 34.1 Å². The molecule has 0 aliphatic carbocycles. The zero-order valence-electron chi connectivity index (χ0n) is 11.6. The molecular weight excluding hydrogens is 239 g/mol. The van der Waals surface area contributed by atoms with E-state index in [-0.39, 0.29) is 12.0 Å². The van der Waals surface area contributed by atoms with Gasteiger partial charge in [-0.3, -0.25) is 0 Å². The molecule has 1 saturated heterocycles. The van der Waals surface area contributed by atoms with Crippen LogP contribution in [-0.2, 0) is 19.0 Å².